The zero-order valence-electron chi connectivity index (χ0n) is 24.8. The van der Waals surface area contributed by atoms with E-state index in [9.17, 15) is 4.79 Å². The van der Waals surface area contributed by atoms with Gasteiger partial charge in [-0.25, -0.2) is 9.59 Å². The third-order valence-corrected chi connectivity index (χ3v) is 8.13. The van der Waals surface area contributed by atoms with E-state index in [-0.39, 0.29) is 11.3 Å². The molecule has 0 radical (unpaired) electrons. The van der Waals surface area contributed by atoms with E-state index in [1.54, 1.807) is 6.92 Å². The summed E-state index contributed by atoms with van der Waals surface area (Å²) in [6.45, 7) is 6.74. The number of carbonyl (C=O) groups is 3. The van der Waals surface area contributed by atoms with Crippen molar-refractivity contribution >= 4 is 23.5 Å². The third kappa shape index (κ3) is 6.63. The Bertz CT molecular complexity index is 1690. The Kier molecular flexibility index (Phi) is 8.77. The van der Waals surface area contributed by atoms with Crippen LogP contribution in [-0.2, 0) is 15.0 Å². The number of likely N-dealkylation sites (tertiary alicyclic amines) is 1. The minimum atomic E-state index is -1.82. The van der Waals surface area contributed by atoms with E-state index in [1.807, 2.05) is 42.5 Å². The predicted octanol–water partition coefficient (Wildman–Crippen LogP) is 5.17. The quantitative estimate of drug-likeness (QED) is 0.268. The Balaban J connectivity index is 0.000000584. The van der Waals surface area contributed by atoms with Gasteiger partial charge in [0.1, 0.15) is 5.75 Å². The largest absolute Gasteiger partial charge is 0.492 e. The highest BCUT2D eigenvalue weighted by Gasteiger charge is 2.41. The number of aromatic nitrogens is 2. The van der Waals surface area contributed by atoms with E-state index in [1.165, 1.54) is 5.56 Å². The maximum absolute atomic E-state index is 13.1. The SMILES string of the molecule is Cc1nc(-c2ccc(-c3ccc(C(=O)Nc4ccc5c(c4)C4(CCCN(C)CC4)CO5)cc3)c(C)c2)no1.O=C(O)C(=O)O. The second-order valence-electron chi connectivity index (χ2n) is 11.2. The summed E-state index contributed by atoms with van der Waals surface area (Å²) in [4.78, 5) is 38.0. The number of anilines is 1. The van der Waals surface area contributed by atoms with E-state index in [0.717, 1.165) is 72.6 Å². The second-order valence-corrected chi connectivity index (χ2v) is 11.2. The number of hydrogen-bond donors (Lipinski definition) is 3. The van der Waals surface area contributed by atoms with E-state index >= 15 is 0 Å². The van der Waals surface area contributed by atoms with Crippen molar-refractivity contribution < 1.29 is 33.9 Å². The van der Waals surface area contributed by atoms with Crippen molar-refractivity contribution in [2.24, 2.45) is 0 Å². The number of fused-ring (bicyclic) bond motifs is 2. The molecule has 3 N–H and O–H groups in total. The third-order valence-electron chi connectivity index (χ3n) is 8.13. The molecule has 11 heteroatoms. The number of hydrogen-bond acceptors (Lipinski definition) is 8. The fourth-order valence-electron chi connectivity index (χ4n) is 5.73. The number of nitrogens with zero attached hydrogens (tertiary/aromatic N) is 3. The van der Waals surface area contributed by atoms with E-state index < -0.39 is 11.9 Å². The maximum Gasteiger partial charge on any atom is 0.414 e. The maximum atomic E-state index is 13.1. The van der Waals surface area contributed by atoms with Gasteiger partial charge in [-0.15, -0.1) is 0 Å². The molecule has 44 heavy (non-hydrogen) atoms. The minimum absolute atomic E-state index is 0.0401. The molecule has 4 aromatic rings. The van der Waals surface area contributed by atoms with Crippen molar-refractivity contribution in [2.75, 3.05) is 32.1 Å². The highest BCUT2D eigenvalue weighted by molar-refractivity contribution is 6.27. The standard InChI is InChI=1S/C31H32N4O3.C2H2O4/c1-20-17-24(29-32-21(2)38-34-29)9-11-26(20)22-5-7-23(8-6-22)30(36)33-25-10-12-28-27(18-25)31(19-37-28)13-4-15-35(3)16-14-31;3-1(4)2(5)6/h5-12,17-18H,4,13-16,19H2,1-3H3,(H,33,36);(H,3,4)(H,5,6). The molecule has 1 unspecified atom stereocenters. The van der Waals surface area contributed by atoms with Crippen LogP contribution in [0.25, 0.3) is 22.5 Å². The van der Waals surface area contributed by atoms with Crippen LogP contribution in [0, 0.1) is 13.8 Å². The van der Waals surface area contributed by atoms with Crippen molar-refractivity contribution in [1.82, 2.24) is 15.0 Å². The fourth-order valence-corrected chi connectivity index (χ4v) is 5.73. The van der Waals surface area contributed by atoms with Crippen LogP contribution in [0.3, 0.4) is 0 Å². The van der Waals surface area contributed by atoms with Gasteiger partial charge in [-0.1, -0.05) is 29.4 Å². The number of amides is 1. The van der Waals surface area contributed by atoms with Crippen LogP contribution in [0.2, 0.25) is 0 Å². The van der Waals surface area contributed by atoms with Crippen molar-refractivity contribution in [2.45, 2.75) is 38.5 Å². The van der Waals surface area contributed by atoms with Gasteiger partial charge in [-0.2, -0.15) is 4.98 Å². The van der Waals surface area contributed by atoms with Gasteiger partial charge in [-0.05, 0) is 99.4 Å². The Hall–Kier alpha value is -5.03. The summed E-state index contributed by atoms with van der Waals surface area (Å²) in [7, 11) is 2.19. The lowest BCUT2D eigenvalue weighted by Crippen LogP contribution is -2.29. The number of aryl methyl sites for hydroxylation is 2. The van der Waals surface area contributed by atoms with Crippen molar-refractivity contribution in [3.63, 3.8) is 0 Å². The van der Waals surface area contributed by atoms with E-state index in [0.29, 0.717) is 17.3 Å². The molecule has 3 heterocycles. The molecule has 2 aliphatic heterocycles. The molecule has 0 aliphatic carbocycles. The molecular formula is C33H34N4O7. The van der Waals surface area contributed by atoms with Gasteiger partial charge in [0.15, 0.2) is 0 Å². The zero-order valence-corrected chi connectivity index (χ0v) is 24.8. The number of carboxylic acids is 2. The molecule has 6 rings (SSSR count). The van der Waals surface area contributed by atoms with Gasteiger partial charge in [0.25, 0.3) is 5.91 Å². The summed E-state index contributed by atoms with van der Waals surface area (Å²) >= 11 is 0. The lowest BCUT2D eigenvalue weighted by atomic mass is 9.76. The smallest absolute Gasteiger partial charge is 0.414 e. The van der Waals surface area contributed by atoms with Gasteiger partial charge in [0.05, 0.1) is 6.61 Å². The summed E-state index contributed by atoms with van der Waals surface area (Å²) in [6, 6.07) is 19.9. The minimum Gasteiger partial charge on any atom is -0.492 e. The van der Waals surface area contributed by atoms with Gasteiger partial charge in [-0.3, -0.25) is 4.79 Å². The lowest BCUT2D eigenvalue weighted by Gasteiger charge is -2.26. The molecule has 2 aliphatic rings. The highest BCUT2D eigenvalue weighted by atomic mass is 16.5. The number of aliphatic carboxylic acids is 2. The number of carboxylic acid groups (broad SMARTS) is 2. The molecule has 1 saturated heterocycles. The number of benzene rings is 3. The number of carbonyl (C=O) groups excluding carboxylic acids is 1. The van der Waals surface area contributed by atoms with Crippen LogP contribution in [-0.4, -0.2) is 69.8 Å². The van der Waals surface area contributed by atoms with Gasteiger partial charge in [0, 0.05) is 34.7 Å². The molecule has 1 atom stereocenters. The second kappa shape index (κ2) is 12.7. The van der Waals surface area contributed by atoms with Crippen LogP contribution >= 0.6 is 0 Å². The summed E-state index contributed by atoms with van der Waals surface area (Å²) in [6.07, 6.45) is 3.34. The predicted molar refractivity (Wildman–Crippen MR) is 163 cm³/mol. The monoisotopic (exact) mass is 598 g/mol. The van der Waals surface area contributed by atoms with E-state index in [4.69, 9.17) is 29.1 Å². The normalized spacial score (nSPS) is 17.5. The molecule has 3 aromatic carbocycles. The highest BCUT2D eigenvalue weighted by Crippen LogP contribution is 2.46. The Morgan fingerprint density at radius 3 is 2.30 bits per heavy atom. The van der Waals surface area contributed by atoms with Crippen LogP contribution in [0.15, 0.2) is 65.2 Å². The van der Waals surface area contributed by atoms with Crippen LogP contribution in [0.4, 0.5) is 5.69 Å². The first-order valence-corrected chi connectivity index (χ1v) is 14.3. The van der Waals surface area contributed by atoms with Crippen LogP contribution in [0.5, 0.6) is 5.75 Å². The molecule has 1 fully saturated rings. The summed E-state index contributed by atoms with van der Waals surface area (Å²) < 4.78 is 11.2. The first kappa shape index (κ1) is 30.4. The molecule has 11 nitrogen and oxygen atoms in total. The summed E-state index contributed by atoms with van der Waals surface area (Å²) in [5, 5.41) is 21.9. The first-order chi connectivity index (χ1) is 21.0. The molecule has 0 bridgehead atoms. The Labute approximate surface area is 254 Å². The molecule has 0 saturated carbocycles. The number of rotatable bonds is 4. The number of ether oxygens (including phenoxy) is 1. The molecule has 228 valence electrons. The van der Waals surface area contributed by atoms with Crippen LogP contribution in [0.1, 0.15) is 46.6 Å². The summed E-state index contributed by atoms with van der Waals surface area (Å²) in [5.74, 6) is -1.69. The zero-order chi connectivity index (χ0) is 31.4. The average molecular weight is 599 g/mol. The molecular weight excluding hydrogens is 564 g/mol. The van der Waals surface area contributed by atoms with Gasteiger partial charge >= 0.3 is 11.9 Å². The molecule has 1 amide bonds. The molecule has 1 spiro atoms. The van der Waals surface area contributed by atoms with Crippen molar-refractivity contribution in [1.29, 1.82) is 0 Å². The van der Waals surface area contributed by atoms with Gasteiger partial charge < -0.3 is 29.7 Å². The fraction of sp³-hybridized carbons (Fsp3) is 0.303. The summed E-state index contributed by atoms with van der Waals surface area (Å²) in [5.41, 5.74) is 6.85. The number of nitrogens with one attached hydrogen (secondary N) is 1. The van der Waals surface area contributed by atoms with Crippen molar-refractivity contribution in [3.05, 3.63) is 83.2 Å². The van der Waals surface area contributed by atoms with E-state index in [2.05, 4.69) is 52.5 Å². The average Bonchev–Trinajstić information content (AvgIpc) is 3.54. The topological polar surface area (TPSA) is 155 Å². The lowest BCUT2D eigenvalue weighted by molar-refractivity contribution is -0.159. The first-order valence-electron chi connectivity index (χ1n) is 14.3. The Morgan fingerprint density at radius 2 is 1.64 bits per heavy atom. The Morgan fingerprint density at radius 1 is 0.909 bits per heavy atom. The van der Waals surface area contributed by atoms with Crippen molar-refractivity contribution in [3.8, 4) is 28.3 Å². The molecule has 1 aromatic heterocycles. The van der Waals surface area contributed by atoms with Gasteiger partial charge in [0.2, 0.25) is 11.7 Å². The van der Waals surface area contributed by atoms with Crippen LogP contribution < -0.4 is 10.1 Å².